The first-order valence-corrected chi connectivity index (χ1v) is 11.9. The molecule has 9 heteroatoms. The minimum atomic E-state index is -0.386. The Morgan fingerprint density at radius 3 is 2.64 bits per heavy atom. The summed E-state index contributed by atoms with van der Waals surface area (Å²) in [5, 5.41) is 4.74. The second-order valence-corrected chi connectivity index (χ2v) is 8.93. The lowest BCUT2D eigenvalue weighted by atomic mass is 10.2. The number of hydrogen-bond donors (Lipinski definition) is 1. The van der Waals surface area contributed by atoms with Crippen molar-refractivity contribution < 1.29 is 19.0 Å². The molecule has 3 rings (SSSR count). The van der Waals surface area contributed by atoms with Gasteiger partial charge in [-0.15, -0.1) is 0 Å². The maximum Gasteiger partial charge on any atom is 0.271 e. The second-order valence-electron chi connectivity index (χ2n) is 6.72. The third-order valence-corrected chi connectivity index (χ3v) is 5.69. The van der Waals surface area contributed by atoms with Crippen LogP contribution < -0.4 is 19.6 Å². The van der Waals surface area contributed by atoms with Crippen molar-refractivity contribution in [3.05, 3.63) is 85.3 Å². The summed E-state index contributed by atoms with van der Waals surface area (Å²) in [6.45, 7) is 2.69. The van der Waals surface area contributed by atoms with Crippen LogP contribution in [0.1, 0.15) is 28.4 Å². The zero-order chi connectivity index (χ0) is 23.8. The van der Waals surface area contributed by atoms with Crippen LogP contribution >= 0.6 is 43.5 Å². The maximum atomic E-state index is 12.6. The van der Waals surface area contributed by atoms with Gasteiger partial charge in [-0.05, 0) is 70.9 Å². The Balaban J connectivity index is 1.74. The van der Waals surface area contributed by atoms with Crippen molar-refractivity contribution in [3.8, 4) is 17.2 Å². The minimum Gasteiger partial charge on any atom is -0.493 e. The molecular weight excluding hydrogens is 576 g/mol. The highest BCUT2D eigenvalue weighted by atomic mass is 79.9. The van der Waals surface area contributed by atoms with Crippen molar-refractivity contribution in [1.29, 1.82) is 0 Å². The fourth-order valence-corrected chi connectivity index (χ4v) is 4.50. The second kappa shape index (κ2) is 12.1. The molecule has 0 saturated heterocycles. The monoisotopic (exact) mass is 594 g/mol. The molecule has 0 aliphatic rings. The summed E-state index contributed by atoms with van der Waals surface area (Å²) in [5.41, 5.74) is 4.52. The van der Waals surface area contributed by atoms with E-state index >= 15 is 0 Å². The summed E-state index contributed by atoms with van der Waals surface area (Å²) < 4.78 is 18.4. The van der Waals surface area contributed by atoms with Gasteiger partial charge in [0.25, 0.3) is 5.91 Å². The molecule has 0 bridgehead atoms. The topological polar surface area (TPSA) is 69.2 Å². The molecule has 0 saturated carbocycles. The van der Waals surface area contributed by atoms with Gasteiger partial charge in [0.15, 0.2) is 11.5 Å². The molecule has 0 spiro atoms. The third-order valence-electron chi connectivity index (χ3n) is 4.40. The van der Waals surface area contributed by atoms with Crippen LogP contribution in [0.2, 0.25) is 5.02 Å². The molecule has 6 nitrogen and oxygen atoms in total. The predicted molar refractivity (Wildman–Crippen MR) is 137 cm³/mol. The molecule has 0 heterocycles. The van der Waals surface area contributed by atoms with Gasteiger partial charge in [-0.2, -0.15) is 5.10 Å². The van der Waals surface area contributed by atoms with E-state index < -0.39 is 0 Å². The van der Waals surface area contributed by atoms with E-state index in [2.05, 4.69) is 42.4 Å². The molecule has 0 fully saturated rings. The zero-order valence-electron chi connectivity index (χ0n) is 17.9. The summed E-state index contributed by atoms with van der Waals surface area (Å²) in [5.74, 6) is 1.24. The molecule has 3 aromatic carbocycles. The molecule has 0 aromatic heterocycles. The maximum absolute atomic E-state index is 12.6. The number of nitrogens with zero attached hydrogens (tertiary/aromatic N) is 1. The lowest BCUT2D eigenvalue weighted by Crippen LogP contribution is -2.17. The first-order chi connectivity index (χ1) is 15.9. The van der Waals surface area contributed by atoms with Crippen LogP contribution in [-0.2, 0) is 6.61 Å². The molecule has 172 valence electrons. The van der Waals surface area contributed by atoms with Gasteiger partial charge in [0, 0.05) is 20.6 Å². The molecule has 0 aliphatic heterocycles. The summed E-state index contributed by atoms with van der Waals surface area (Å²) >= 11 is 13.0. The van der Waals surface area contributed by atoms with Gasteiger partial charge in [-0.25, -0.2) is 5.43 Å². The highest BCUT2D eigenvalue weighted by Crippen LogP contribution is 2.33. The van der Waals surface area contributed by atoms with E-state index in [0.717, 1.165) is 14.5 Å². The number of hydrogen-bond acceptors (Lipinski definition) is 5. The Morgan fingerprint density at radius 1 is 1.09 bits per heavy atom. The number of ether oxygens (including phenoxy) is 3. The molecule has 0 atom stereocenters. The van der Waals surface area contributed by atoms with Crippen molar-refractivity contribution in [2.75, 3.05) is 13.7 Å². The Hall–Kier alpha value is -2.55. The van der Waals surface area contributed by atoms with Gasteiger partial charge in [0.05, 0.1) is 24.4 Å². The molecular formula is C24H21Br2ClN2O4. The van der Waals surface area contributed by atoms with Crippen molar-refractivity contribution in [2.45, 2.75) is 13.5 Å². The fraction of sp³-hybridized carbons (Fsp3) is 0.167. The van der Waals surface area contributed by atoms with Crippen LogP contribution in [0.4, 0.5) is 0 Å². The smallest absolute Gasteiger partial charge is 0.271 e. The largest absolute Gasteiger partial charge is 0.493 e. The number of amides is 1. The van der Waals surface area contributed by atoms with Gasteiger partial charge in [0.2, 0.25) is 0 Å². The molecule has 3 aromatic rings. The highest BCUT2D eigenvalue weighted by molar-refractivity contribution is 9.11. The van der Waals surface area contributed by atoms with Crippen molar-refractivity contribution in [2.24, 2.45) is 5.10 Å². The van der Waals surface area contributed by atoms with Crippen LogP contribution in [-0.4, -0.2) is 25.8 Å². The van der Waals surface area contributed by atoms with Gasteiger partial charge in [-0.3, -0.25) is 4.79 Å². The van der Waals surface area contributed by atoms with E-state index in [-0.39, 0.29) is 5.91 Å². The predicted octanol–water partition coefficient (Wildman–Crippen LogP) is 6.62. The van der Waals surface area contributed by atoms with Crippen LogP contribution in [0.15, 0.2) is 68.6 Å². The number of methoxy groups -OCH3 is 1. The number of carbonyl (C=O) groups excluding carboxylic acids is 1. The normalized spacial score (nSPS) is 10.8. The van der Waals surface area contributed by atoms with E-state index in [1.807, 2.05) is 37.3 Å². The van der Waals surface area contributed by atoms with Crippen molar-refractivity contribution in [3.63, 3.8) is 0 Å². The molecule has 1 amide bonds. The van der Waals surface area contributed by atoms with Crippen LogP contribution in [0.3, 0.4) is 0 Å². The third kappa shape index (κ3) is 6.96. The molecule has 0 unspecified atom stereocenters. The Kier molecular flexibility index (Phi) is 9.17. The van der Waals surface area contributed by atoms with E-state index in [1.165, 1.54) is 13.3 Å². The Morgan fingerprint density at radius 2 is 1.91 bits per heavy atom. The number of benzene rings is 3. The van der Waals surface area contributed by atoms with Crippen LogP contribution in [0.5, 0.6) is 17.2 Å². The minimum absolute atomic E-state index is 0.319. The van der Waals surface area contributed by atoms with Crippen molar-refractivity contribution in [1.82, 2.24) is 5.43 Å². The van der Waals surface area contributed by atoms with E-state index in [9.17, 15) is 4.79 Å². The zero-order valence-corrected chi connectivity index (χ0v) is 21.8. The number of halogens is 3. The van der Waals surface area contributed by atoms with Crippen LogP contribution in [0.25, 0.3) is 0 Å². The van der Waals surface area contributed by atoms with Gasteiger partial charge in [-0.1, -0.05) is 39.7 Å². The van der Waals surface area contributed by atoms with Gasteiger partial charge < -0.3 is 14.2 Å². The van der Waals surface area contributed by atoms with E-state index in [4.69, 9.17) is 25.8 Å². The Bertz CT molecular complexity index is 1170. The summed E-state index contributed by atoms with van der Waals surface area (Å²) in [6, 6.07) is 16.1. The number of carbonyl (C=O) groups is 1. The number of nitrogens with one attached hydrogen (secondary N) is 1. The SMILES string of the molecule is CCOc1ccc(C(=O)N/N=C/c2cc(Br)cc(Br)c2OCc2cccc(Cl)c2)cc1OC. The summed E-state index contributed by atoms with van der Waals surface area (Å²) in [4.78, 5) is 12.6. The molecule has 1 N–H and O–H groups in total. The van der Waals surface area contributed by atoms with Crippen LogP contribution in [0, 0.1) is 0 Å². The number of rotatable bonds is 9. The standard InChI is InChI=1S/C24H21Br2ClN2O4/c1-3-32-21-8-7-16(11-22(21)31-2)24(30)29-28-13-17-10-18(25)12-20(26)23(17)33-14-15-5-4-6-19(27)9-15/h4-13H,3,14H2,1-2H3,(H,29,30)/b28-13+. The summed E-state index contributed by atoms with van der Waals surface area (Å²) in [7, 11) is 1.52. The molecule has 0 aliphatic carbocycles. The van der Waals surface area contributed by atoms with E-state index in [1.54, 1.807) is 24.3 Å². The highest BCUT2D eigenvalue weighted by Gasteiger charge is 2.12. The first kappa shape index (κ1) is 25.1. The average Bonchev–Trinajstić information content (AvgIpc) is 2.78. The quantitative estimate of drug-likeness (QED) is 0.223. The van der Waals surface area contributed by atoms with Crippen molar-refractivity contribution >= 4 is 55.6 Å². The lowest BCUT2D eigenvalue weighted by Gasteiger charge is -2.12. The van der Waals surface area contributed by atoms with E-state index in [0.29, 0.717) is 46.6 Å². The summed E-state index contributed by atoms with van der Waals surface area (Å²) in [6.07, 6.45) is 1.52. The fourth-order valence-electron chi connectivity index (χ4n) is 2.92. The Labute approximate surface area is 214 Å². The first-order valence-electron chi connectivity index (χ1n) is 9.91. The average molecular weight is 597 g/mol. The molecule has 0 radical (unpaired) electrons. The lowest BCUT2D eigenvalue weighted by molar-refractivity contribution is 0.0954. The number of hydrazone groups is 1. The van der Waals surface area contributed by atoms with Gasteiger partial charge in [0.1, 0.15) is 12.4 Å². The van der Waals surface area contributed by atoms with Gasteiger partial charge >= 0.3 is 0 Å². The molecule has 33 heavy (non-hydrogen) atoms.